The maximum atomic E-state index is 12.0. The van der Waals surface area contributed by atoms with Gasteiger partial charge in [0.2, 0.25) is 0 Å². The summed E-state index contributed by atoms with van der Waals surface area (Å²) in [5.41, 5.74) is 1.50. The number of benzene rings is 2. The van der Waals surface area contributed by atoms with Gasteiger partial charge in [0.15, 0.2) is 9.84 Å². The zero-order chi connectivity index (χ0) is 18.4. The Morgan fingerprint density at radius 3 is 2.44 bits per heavy atom. The van der Waals surface area contributed by atoms with Crippen LogP contribution in [0.25, 0.3) is 0 Å². The Bertz CT molecular complexity index is 822. The number of carbonyl (C=O) groups excluding carboxylic acids is 1. The third kappa shape index (κ3) is 5.49. The molecule has 0 spiro atoms. The van der Waals surface area contributed by atoms with E-state index in [0.717, 1.165) is 11.9 Å². The fourth-order valence-electron chi connectivity index (χ4n) is 2.27. The van der Waals surface area contributed by atoms with Crippen LogP contribution >= 0.6 is 0 Å². The summed E-state index contributed by atoms with van der Waals surface area (Å²) in [5, 5.41) is 5.45. The first-order valence-corrected chi connectivity index (χ1v) is 9.79. The van der Waals surface area contributed by atoms with Crippen molar-refractivity contribution in [2.24, 2.45) is 0 Å². The lowest BCUT2D eigenvalue weighted by Crippen LogP contribution is -2.41. The first kappa shape index (κ1) is 18.8. The van der Waals surface area contributed by atoms with Crippen LogP contribution < -0.4 is 15.5 Å². The predicted octanol–water partition coefficient (Wildman–Crippen LogP) is 2.74. The molecule has 1 unspecified atom stereocenters. The summed E-state index contributed by atoms with van der Waals surface area (Å²) >= 11 is 0. The number of rotatable bonds is 6. The summed E-state index contributed by atoms with van der Waals surface area (Å²) < 4.78 is 23.1. The molecule has 0 saturated heterocycles. The third-order valence-electron chi connectivity index (χ3n) is 3.90. The molecule has 0 bridgehead atoms. The van der Waals surface area contributed by atoms with Gasteiger partial charge < -0.3 is 15.5 Å². The SMILES string of the molecule is CC(CNC(=O)Nc1cccc(S(C)(=O)=O)c1)N(C)c1ccccc1. The Hall–Kier alpha value is -2.54. The van der Waals surface area contributed by atoms with Crippen LogP contribution in [0.2, 0.25) is 0 Å². The molecule has 134 valence electrons. The van der Waals surface area contributed by atoms with Crippen LogP contribution in [0.4, 0.5) is 16.2 Å². The van der Waals surface area contributed by atoms with Crippen molar-refractivity contribution in [1.82, 2.24) is 5.32 Å². The lowest BCUT2D eigenvalue weighted by Gasteiger charge is -2.27. The van der Waals surface area contributed by atoms with E-state index in [1.54, 1.807) is 12.1 Å². The standard InChI is InChI=1S/C18H23N3O3S/c1-14(21(2)16-9-5-4-6-10-16)13-19-18(22)20-15-8-7-11-17(12-15)25(3,23)24/h4-12,14H,13H2,1-3H3,(H2,19,20,22). The number of amides is 2. The molecule has 0 aliphatic heterocycles. The highest BCUT2D eigenvalue weighted by Crippen LogP contribution is 2.15. The average molecular weight is 361 g/mol. The van der Waals surface area contributed by atoms with Gasteiger partial charge in [0.1, 0.15) is 0 Å². The van der Waals surface area contributed by atoms with Crippen molar-refractivity contribution in [3.8, 4) is 0 Å². The lowest BCUT2D eigenvalue weighted by atomic mass is 10.2. The second-order valence-electron chi connectivity index (χ2n) is 5.93. The number of likely N-dealkylation sites (N-methyl/N-ethyl adjacent to an activating group) is 1. The molecule has 2 aromatic carbocycles. The normalized spacial score (nSPS) is 12.3. The van der Waals surface area contributed by atoms with Crippen LogP contribution in [0.5, 0.6) is 0 Å². The average Bonchev–Trinajstić information content (AvgIpc) is 2.59. The van der Waals surface area contributed by atoms with Gasteiger partial charge in [-0.15, -0.1) is 0 Å². The van der Waals surface area contributed by atoms with E-state index >= 15 is 0 Å². The highest BCUT2D eigenvalue weighted by Gasteiger charge is 2.12. The van der Waals surface area contributed by atoms with E-state index in [1.807, 2.05) is 44.3 Å². The number of sulfone groups is 1. The van der Waals surface area contributed by atoms with E-state index in [4.69, 9.17) is 0 Å². The smallest absolute Gasteiger partial charge is 0.319 e. The second-order valence-corrected chi connectivity index (χ2v) is 7.95. The quantitative estimate of drug-likeness (QED) is 0.829. The second kappa shape index (κ2) is 8.02. The van der Waals surface area contributed by atoms with Crippen LogP contribution in [0.1, 0.15) is 6.92 Å². The van der Waals surface area contributed by atoms with Gasteiger partial charge in [-0.2, -0.15) is 0 Å². The number of para-hydroxylation sites is 1. The first-order chi connectivity index (χ1) is 11.8. The molecule has 0 saturated carbocycles. The highest BCUT2D eigenvalue weighted by molar-refractivity contribution is 7.90. The summed E-state index contributed by atoms with van der Waals surface area (Å²) in [6.07, 6.45) is 1.13. The van der Waals surface area contributed by atoms with Crippen molar-refractivity contribution in [2.45, 2.75) is 17.9 Å². The Morgan fingerprint density at radius 2 is 1.80 bits per heavy atom. The highest BCUT2D eigenvalue weighted by atomic mass is 32.2. The summed E-state index contributed by atoms with van der Waals surface area (Å²) in [7, 11) is -1.34. The number of hydrogen-bond acceptors (Lipinski definition) is 4. The molecule has 0 aliphatic carbocycles. The largest absolute Gasteiger partial charge is 0.370 e. The molecule has 2 N–H and O–H groups in total. The third-order valence-corrected chi connectivity index (χ3v) is 5.01. The molecule has 25 heavy (non-hydrogen) atoms. The Balaban J connectivity index is 1.90. The summed E-state index contributed by atoms with van der Waals surface area (Å²) in [4.78, 5) is 14.3. The fourth-order valence-corrected chi connectivity index (χ4v) is 2.94. The minimum absolute atomic E-state index is 0.0931. The van der Waals surface area contributed by atoms with E-state index in [9.17, 15) is 13.2 Å². The maximum absolute atomic E-state index is 12.0. The summed E-state index contributed by atoms with van der Waals surface area (Å²) in [5.74, 6) is 0. The van der Waals surface area contributed by atoms with Crippen molar-refractivity contribution in [2.75, 3.05) is 30.1 Å². The first-order valence-electron chi connectivity index (χ1n) is 7.90. The van der Waals surface area contributed by atoms with Crippen LogP contribution in [0.15, 0.2) is 59.5 Å². The minimum atomic E-state index is -3.31. The lowest BCUT2D eigenvalue weighted by molar-refractivity contribution is 0.251. The van der Waals surface area contributed by atoms with Gasteiger partial charge in [-0.3, -0.25) is 0 Å². The maximum Gasteiger partial charge on any atom is 0.319 e. The van der Waals surface area contributed by atoms with Gasteiger partial charge in [-0.05, 0) is 37.3 Å². The molecule has 7 heteroatoms. The van der Waals surface area contributed by atoms with E-state index in [2.05, 4.69) is 15.5 Å². The molecule has 2 amide bonds. The molecule has 0 aromatic heterocycles. The topological polar surface area (TPSA) is 78.5 Å². The Morgan fingerprint density at radius 1 is 1.12 bits per heavy atom. The van der Waals surface area contributed by atoms with E-state index in [1.165, 1.54) is 12.1 Å². The minimum Gasteiger partial charge on any atom is -0.370 e. The number of hydrogen-bond donors (Lipinski definition) is 2. The van der Waals surface area contributed by atoms with Crippen LogP contribution in [0, 0.1) is 0 Å². The van der Waals surface area contributed by atoms with Crippen LogP contribution in [-0.4, -0.2) is 40.3 Å². The number of nitrogens with zero attached hydrogens (tertiary/aromatic N) is 1. The van der Waals surface area contributed by atoms with Gasteiger partial charge >= 0.3 is 6.03 Å². The van der Waals surface area contributed by atoms with Gasteiger partial charge in [-0.1, -0.05) is 24.3 Å². The fraction of sp³-hybridized carbons (Fsp3) is 0.278. The van der Waals surface area contributed by atoms with Crippen molar-refractivity contribution in [3.05, 3.63) is 54.6 Å². The number of carbonyl (C=O) groups is 1. The van der Waals surface area contributed by atoms with Crippen LogP contribution in [0.3, 0.4) is 0 Å². The van der Waals surface area contributed by atoms with Gasteiger partial charge in [0, 0.05) is 37.3 Å². The predicted molar refractivity (Wildman–Crippen MR) is 101 cm³/mol. The van der Waals surface area contributed by atoms with Gasteiger partial charge in [-0.25, -0.2) is 13.2 Å². The molecule has 6 nitrogen and oxygen atoms in total. The van der Waals surface area contributed by atoms with Crippen molar-refractivity contribution in [1.29, 1.82) is 0 Å². The molecule has 0 aliphatic rings. The molecular formula is C18H23N3O3S. The number of anilines is 2. The Kier molecular flexibility index (Phi) is 6.03. The van der Waals surface area contributed by atoms with E-state index in [-0.39, 0.29) is 17.0 Å². The zero-order valence-electron chi connectivity index (χ0n) is 14.6. The molecule has 2 aromatic rings. The summed E-state index contributed by atoms with van der Waals surface area (Å²) in [6.45, 7) is 2.46. The molecule has 1 atom stereocenters. The van der Waals surface area contributed by atoms with Gasteiger partial charge in [0.05, 0.1) is 4.90 Å². The summed E-state index contributed by atoms with van der Waals surface area (Å²) in [6, 6.07) is 15.8. The van der Waals surface area contributed by atoms with Crippen molar-refractivity contribution in [3.63, 3.8) is 0 Å². The number of urea groups is 1. The van der Waals surface area contributed by atoms with Crippen molar-refractivity contribution < 1.29 is 13.2 Å². The van der Waals surface area contributed by atoms with E-state index < -0.39 is 9.84 Å². The molecular weight excluding hydrogens is 338 g/mol. The monoisotopic (exact) mass is 361 g/mol. The molecule has 0 heterocycles. The number of nitrogens with one attached hydrogen (secondary N) is 2. The molecule has 0 fully saturated rings. The molecule has 0 radical (unpaired) electrons. The molecule has 2 rings (SSSR count). The van der Waals surface area contributed by atoms with Crippen LogP contribution in [-0.2, 0) is 9.84 Å². The Labute approximate surface area is 148 Å². The van der Waals surface area contributed by atoms with Gasteiger partial charge in [0.25, 0.3) is 0 Å². The van der Waals surface area contributed by atoms with E-state index in [0.29, 0.717) is 12.2 Å². The van der Waals surface area contributed by atoms with Crippen molar-refractivity contribution >= 4 is 27.2 Å². The zero-order valence-corrected chi connectivity index (χ0v) is 15.4.